The molecule has 0 N–H and O–H groups in total. The van der Waals surface area contributed by atoms with Crippen molar-refractivity contribution in [3.05, 3.63) is 56.7 Å². The smallest absolute Gasteiger partial charge is 0.266 e. The molecule has 1 fully saturated rings. The Morgan fingerprint density at radius 1 is 1.25 bits per heavy atom. The maximum absolute atomic E-state index is 12.3. The van der Waals surface area contributed by atoms with E-state index >= 15 is 0 Å². The van der Waals surface area contributed by atoms with Crippen molar-refractivity contribution in [2.75, 3.05) is 14.1 Å². The van der Waals surface area contributed by atoms with E-state index in [0.717, 1.165) is 32.3 Å². The minimum Gasteiger partial charge on any atom is -0.318 e. The summed E-state index contributed by atoms with van der Waals surface area (Å²) in [4.78, 5) is 18.8. The topological polar surface area (TPSA) is 37.6 Å². The number of rotatable bonds is 2. The van der Waals surface area contributed by atoms with E-state index in [2.05, 4.69) is 57.5 Å². The molecule has 0 aliphatic carbocycles. The van der Waals surface area contributed by atoms with Crippen LogP contribution in [-0.4, -0.2) is 34.6 Å². The molecule has 0 spiro atoms. The third-order valence-electron chi connectivity index (χ3n) is 4.02. The Bertz CT molecular complexity index is 882. The number of carbonyl (C=O) groups is 1. The number of likely N-dealkylation sites (N-methyl/N-ethyl adjacent to an activating group) is 1. The molecule has 4 nitrogen and oxygen atoms in total. The lowest BCUT2D eigenvalue weighted by atomic mass is 10.2. The summed E-state index contributed by atoms with van der Waals surface area (Å²) in [6.45, 7) is 4.15. The molecule has 0 atom stereocenters. The lowest BCUT2D eigenvalue weighted by molar-refractivity contribution is -0.121. The van der Waals surface area contributed by atoms with Gasteiger partial charge in [0.15, 0.2) is 5.17 Å². The van der Waals surface area contributed by atoms with E-state index in [4.69, 9.17) is 0 Å². The zero-order valence-corrected chi connectivity index (χ0v) is 16.4. The number of hydrogen-bond donors (Lipinski definition) is 0. The number of nitrogens with zero attached hydrogens (tertiary/aromatic N) is 3. The van der Waals surface area contributed by atoms with E-state index in [0.29, 0.717) is 4.91 Å². The van der Waals surface area contributed by atoms with E-state index in [1.54, 1.807) is 19.0 Å². The number of aryl methyl sites for hydroxylation is 1. The van der Waals surface area contributed by atoms with Crippen LogP contribution in [0.5, 0.6) is 0 Å². The zero-order chi connectivity index (χ0) is 17.4. The minimum absolute atomic E-state index is 0.00661. The molecular weight excluding hydrogens is 386 g/mol. The molecule has 0 unspecified atom stereocenters. The molecule has 3 rings (SSSR count). The van der Waals surface area contributed by atoms with Gasteiger partial charge in [-0.15, -0.1) is 0 Å². The largest absolute Gasteiger partial charge is 0.318 e. The van der Waals surface area contributed by atoms with Crippen molar-refractivity contribution in [2.45, 2.75) is 13.8 Å². The van der Waals surface area contributed by atoms with Crippen LogP contribution in [0.3, 0.4) is 0 Å². The molecule has 1 aliphatic rings. The summed E-state index contributed by atoms with van der Waals surface area (Å²) < 4.78 is 3.24. The van der Waals surface area contributed by atoms with Crippen molar-refractivity contribution in [3.8, 4) is 5.69 Å². The first-order chi connectivity index (χ1) is 11.4. The van der Waals surface area contributed by atoms with Gasteiger partial charge in [-0.25, -0.2) is 0 Å². The molecule has 124 valence electrons. The van der Waals surface area contributed by atoms with E-state index < -0.39 is 0 Å². The molecule has 0 radical (unpaired) electrons. The Morgan fingerprint density at radius 2 is 2.00 bits per heavy atom. The standard InChI is InChI=1S/C18H18BrN3OS/c1-11-8-13(9-16-17(23)21(4)18(20-3)24-16)12(2)22(11)15-7-5-6-14(19)10-15/h5-10H,1-4H3/b16-9-,20-18?. The predicted molar refractivity (Wildman–Crippen MR) is 105 cm³/mol. The number of aliphatic imine (C=N–C) groups is 1. The maximum atomic E-state index is 12.3. The summed E-state index contributed by atoms with van der Waals surface area (Å²) in [7, 11) is 3.46. The second-order valence-electron chi connectivity index (χ2n) is 5.62. The van der Waals surface area contributed by atoms with Crippen molar-refractivity contribution in [2.24, 2.45) is 4.99 Å². The van der Waals surface area contributed by atoms with Crippen molar-refractivity contribution < 1.29 is 4.79 Å². The normalized spacial score (nSPS) is 18.2. The van der Waals surface area contributed by atoms with Crippen LogP contribution in [0.15, 0.2) is 44.7 Å². The highest BCUT2D eigenvalue weighted by molar-refractivity contribution is 9.10. The molecule has 0 bridgehead atoms. The van der Waals surface area contributed by atoms with Gasteiger partial charge in [-0.2, -0.15) is 0 Å². The van der Waals surface area contributed by atoms with Gasteiger partial charge in [0.1, 0.15) is 0 Å². The molecule has 1 aliphatic heterocycles. The quantitative estimate of drug-likeness (QED) is 0.697. The van der Waals surface area contributed by atoms with Crippen LogP contribution in [0.4, 0.5) is 0 Å². The minimum atomic E-state index is -0.00661. The number of thioether (sulfide) groups is 1. The molecule has 0 saturated carbocycles. The van der Waals surface area contributed by atoms with Crippen LogP contribution in [-0.2, 0) is 4.79 Å². The first-order valence-corrected chi connectivity index (χ1v) is 9.12. The number of carbonyl (C=O) groups excluding carboxylic acids is 1. The number of amides is 1. The summed E-state index contributed by atoms with van der Waals surface area (Å²) in [5.41, 5.74) is 4.39. The Morgan fingerprint density at radius 3 is 2.62 bits per heavy atom. The fourth-order valence-electron chi connectivity index (χ4n) is 2.84. The summed E-state index contributed by atoms with van der Waals surface area (Å²) in [5.74, 6) is -0.00661. The predicted octanol–water partition coefficient (Wildman–Crippen LogP) is 4.39. The maximum Gasteiger partial charge on any atom is 0.266 e. The van der Waals surface area contributed by atoms with Crippen LogP contribution >= 0.6 is 27.7 Å². The Labute approximate surface area is 154 Å². The van der Waals surface area contributed by atoms with Gasteiger partial charge >= 0.3 is 0 Å². The van der Waals surface area contributed by atoms with Crippen LogP contribution in [0.1, 0.15) is 17.0 Å². The summed E-state index contributed by atoms with van der Waals surface area (Å²) in [6, 6.07) is 10.3. The van der Waals surface area contributed by atoms with Crippen LogP contribution in [0.2, 0.25) is 0 Å². The highest BCUT2D eigenvalue weighted by Gasteiger charge is 2.30. The van der Waals surface area contributed by atoms with Crippen LogP contribution in [0, 0.1) is 13.8 Å². The molecule has 2 aromatic rings. The fourth-order valence-corrected chi connectivity index (χ4v) is 4.14. The molecule has 1 amide bonds. The second kappa shape index (κ2) is 6.61. The SMILES string of the molecule is CN=C1S/C(=C\c2cc(C)n(-c3cccc(Br)c3)c2C)C(=O)N1C. The molecular formula is C18H18BrN3OS. The molecule has 1 saturated heterocycles. The van der Waals surface area contributed by atoms with Gasteiger partial charge in [0.05, 0.1) is 4.91 Å². The van der Waals surface area contributed by atoms with Crippen molar-refractivity contribution in [3.63, 3.8) is 0 Å². The monoisotopic (exact) mass is 403 g/mol. The van der Waals surface area contributed by atoms with Gasteiger partial charge in [0.25, 0.3) is 5.91 Å². The van der Waals surface area contributed by atoms with E-state index in [1.165, 1.54) is 11.8 Å². The molecule has 6 heteroatoms. The lowest BCUT2D eigenvalue weighted by Gasteiger charge is -2.10. The van der Waals surface area contributed by atoms with Gasteiger partial charge < -0.3 is 4.57 Å². The Balaban J connectivity index is 2.05. The van der Waals surface area contributed by atoms with Crippen molar-refractivity contribution in [1.82, 2.24) is 9.47 Å². The molecule has 2 heterocycles. The third kappa shape index (κ3) is 2.96. The van der Waals surface area contributed by atoms with Crippen LogP contribution < -0.4 is 0 Å². The number of benzene rings is 1. The molecule has 24 heavy (non-hydrogen) atoms. The van der Waals surface area contributed by atoms with E-state index in [9.17, 15) is 4.79 Å². The molecule has 1 aromatic heterocycles. The Hall–Kier alpha value is -1.79. The number of hydrogen-bond acceptors (Lipinski definition) is 3. The van der Waals surface area contributed by atoms with Crippen LogP contribution in [0.25, 0.3) is 11.8 Å². The van der Waals surface area contributed by atoms with Gasteiger partial charge in [-0.1, -0.05) is 22.0 Å². The van der Waals surface area contributed by atoms with Gasteiger partial charge in [-0.3, -0.25) is 14.7 Å². The van der Waals surface area contributed by atoms with E-state index in [-0.39, 0.29) is 5.91 Å². The Kier molecular flexibility index (Phi) is 4.69. The zero-order valence-electron chi connectivity index (χ0n) is 14.0. The highest BCUT2D eigenvalue weighted by Crippen LogP contribution is 2.33. The first kappa shape index (κ1) is 17.0. The first-order valence-electron chi connectivity index (χ1n) is 7.51. The number of amidine groups is 1. The van der Waals surface area contributed by atoms with Gasteiger partial charge in [-0.05, 0) is 61.5 Å². The van der Waals surface area contributed by atoms with Gasteiger partial charge in [0, 0.05) is 35.6 Å². The average Bonchev–Trinajstić information content (AvgIpc) is 2.98. The highest BCUT2D eigenvalue weighted by atomic mass is 79.9. The van der Waals surface area contributed by atoms with Crippen molar-refractivity contribution in [1.29, 1.82) is 0 Å². The average molecular weight is 404 g/mol. The summed E-state index contributed by atoms with van der Waals surface area (Å²) in [5, 5.41) is 0.729. The third-order valence-corrected chi connectivity index (χ3v) is 5.66. The summed E-state index contributed by atoms with van der Waals surface area (Å²) >= 11 is 4.94. The number of aromatic nitrogens is 1. The summed E-state index contributed by atoms with van der Waals surface area (Å²) in [6.07, 6.45) is 1.96. The molecule has 1 aromatic carbocycles. The lowest BCUT2D eigenvalue weighted by Crippen LogP contribution is -2.23. The van der Waals surface area contributed by atoms with E-state index in [1.807, 2.05) is 18.2 Å². The second-order valence-corrected chi connectivity index (χ2v) is 7.55. The van der Waals surface area contributed by atoms with Gasteiger partial charge in [0.2, 0.25) is 0 Å². The fraction of sp³-hybridized carbons (Fsp3) is 0.222. The van der Waals surface area contributed by atoms with Crippen molar-refractivity contribution >= 4 is 44.8 Å². The number of halogens is 1.